The van der Waals surface area contributed by atoms with Gasteiger partial charge in [0.25, 0.3) is 0 Å². The SMILES string of the molecule is COC(=O)CCCN(C)Cc1nnn(C)n1. The predicted molar refractivity (Wildman–Crippen MR) is 56.4 cm³/mol. The molecule has 0 unspecified atom stereocenters. The summed E-state index contributed by atoms with van der Waals surface area (Å²) >= 11 is 0. The van der Waals surface area contributed by atoms with Gasteiger partial charge in [-0.2, -0.15) is 4.80 Å². The topological polar surface area (TPSA) is 73.1 Å². The van der Waals surface area contributed by atoms with E-state index in [1.54, 1.807) is 7.05 Å². The maximum atomic E-state index is 10.9. The average molecular weight is 227 g/mol. The minimum Gasteiger partial charge on any atom is -0.469 e. The van der Waals surface area contributed by atoms with Gasteiger partial charge in [0, 0.05) is 6.42 Å². The van der Waals surface area contributed by atoms with Crippen molar-refractivity contribution in [2.45, 2.75) is 19.4 Å². The van der Waals surface area contributed by atoms with E-state index in [1.165, 1.54) is 11.9 Å². The maximum absolute atomic E-state index is 10.9. The molecule has 0 fully saturated rings. The molecule has 7 nitrogen and oxygen atoms in total. The predicted octanol–water partition coefficient (Wildman–Crippen LogP) is -0.405. The Kier molecular flexibility index (Phi) is 4.84. The van der Waals surface area contributed by atoms with Crippen LogP contribution in [0.5, 0.6) is 0 Å². The van der Waals surface area contributed by atoms with Crippen molar-refractivity contribution in [2.75, 3.05) is 20.7 Å². The fraction of sp³-hybridized carbons (Fsp3) is 0.778. The summed E-state index contributed by atoms with van der Waals surface area (Å²) in [6.07, 6.45) is 1.21. The third kappa shape index (κ3) is 4.35. The fourth-order valence-electron chi connectivity index (χ4n) is 1.30. The van der Waals surface area contributed by atoms with Crippen LogP contribution in [0.4, 0.5) is 0 Å². The Morgan fingerprint density at radius 3 is 2.88 bits per heavy atom. The maximum Gasteiger partial charge on any atom is 0.305 e. The number of aryl methyl sites for hydroxylation is 1. The first kappa shape index (κ1) is 12.6. The number of tetrazole rings is 1. The van der Waals surface area contributed by atoms with Crippen molar-refractivity contribution >= 4 is 5.97 Å². The molecule has 0 amide bonds. The Morgan fingerprint density at radius 1 is 1.56 bits per heavy atom. The normalized spacial score (nSPS) is 10.8. The number of esters is 1. The first-order valence-corrected chi connectivity index (χ1v) is 5.10. The van der Waals surface area contributed by atoms with Crippen LogP contribution in [0.3, 0.4) is 0 Å². The van der Waals surface area contributed by atoms with E-state index in [0.717, 1.165) is 13.0 Å². The summed E-state index contributed by atoms with van der Waals surface area (Å²) in [7, 11) is 5.08. The highest BCUT2D eigenvalue weighted by Crippen LogP contribution is 1.98. The van der Waals surface area contributed by atoms with E-state index in [1.807, 2.05) is 11.9 Å². The number of carbonyl (C=O) groups is 1. The van der Waals surface area contributed by atoms with Crippen LogP contribution in [0.25, 0.3) is 0 Å². The third-order valence-electron chi connectivity index (χ3n) is 2.11. The Hall–Kier alpha value is -1.50. The van der Waals surface area contributed by atoms with Gasteiger partial charge in [-0.15, -0.1) is 10.2 Å². The summed E-state index contributed by atoms with van der Waals surface area (Å²) in [4.78, 5) is 14.3. The quantitative estimate of drug-likeness (QED) is 0.615. The smallest absolute Gasteiger partial charge is 0.305 e. The van der Waals surface area contributed by atoms with Crippen molar-refractivity contribution in [1.29, 1.82) is 0 Å². The summed E-state index contributed by atoms with van der Waals surface area (Å²) in [6.45, 7) is 1.43. The van der Waals surface area contributed by atoms with Gasteiger partial charge in [-0.3, -0.25) is 9.69 Å². The van der Waals surface area contributed by atoms with Crippen molar-refractivity contribution in [1.82, 2.24) is 25.1 Å². The van der Waals surface area contributed by atoms with Gasteiger partial charge in [-0.05, 0) is 25.2 Å². The molecule has 0 N–H and O–H groups in total. The van der Waals surface area contributed by atoms with Crippen LogP contribution < -0.4 is 0 Å². The van der Waals surface area contributed by atoms with Crippen LogP contribution in [-0.2, 0) is 23.1 Å². The lowest BCUT2D eigenvalue weighted by Crippen LogP contribution is -2.20. The molecular formula is C9H17N5O2. The second kappa shape index (κ2) is 6.16. The van der Waals surface area contributed by atoms with Crippen molar-refractivity contribution in [3.8, 4) is 0 Å². The lowest BCUT2D eigenvalue weighted by atomic mass is 10.3. The van der Waals surface area contributed by atoms with Crippen LogP contribution >= 0.6 is 0 Å². The van der Waals surface area contributed by atoms with E-state index in [9.17, 15) is 4.79 Å². The standard InChI is InChI=1S/C9H17N5O2/c1-13(6-4-5-9(15)16-3)7-8-10-12-14(2)11-8/h4-7H2,1-3H3. The average Bonchev–Trinajstić information content (AvgIpc) is 2.63. The number of carbonyl (C=O) groups excluding carboxylic acids is 1. The number of nitrogens with zero attached hydrogens (tertiary/aromatic N) is 5. The minimum absolute atomic E-state index is 0.175. The summed E-state index contributed by atoms with van der Waals surface area (Å²) in [5.74, 6) is 0.508. The molecule has 0 saturated heterocycles. The van der Waals surface area contributed by atoms with E-state index in [-0.39, 0.29) is 5.97 Å². The van der Waals surface area contributed by atoms with Crippen LogP contribution in [0.15, 0.2) is 0 Å². The van der Waals surface area contributed by atoms with Gasteiger partial charge in [0.2, 0.25) is 0 Å². The van der Waals surface area contributed by atoms with Crippen molar-refractivity contribution in [3.63, 3.8) is 0 Å². The molecule has 1 rings (SSSR count). The molecular weight excluding hydrogens is 210 g/mol. The molecule has 16 heavy (non-hydrogen) atoms. The monoisotopic (exact) mass is 227 g/mol. The molecule has 0 aliphatic heterocycles. The molecule has 0 spiro atoms. The van der Waals surface area contributed by atoms with Gasteiger partial charge < -0.3 is 4.74 Å². The largest absolute Gasteiger partial charge is 0.469 e. The Bertz CT molecular complexity index is 338. The number of ether oxygens (including phenoxy) is 1. The fourth-order valence-corrected chi connectivity index (χ4v) is 1.30. The molecule has 0 atom stereocenters. The highest BCUT2D eigenvalue weighted by atomic mass is 16.5. The number of hydrogen-bond donors (Lipinski definition) is 0. The van der Waals surface area contributed by atoms with Gasteiger partial charge in [-0.25, -0.2) is 0 Å². The van der Waals surface area contributed by atoms with E-state index >= 15 is 0 Å². The summed E-state index contributed by atoms with van der Waals surface area (Å²) in [5, 5.41) is 11.7. The molecule has 90 valence electrons. The van der Waals surface area contributed by atoms with E-state index < -0.39 is 0 Å². The van der Waals surface area contributed by atoms with E-state index in [4.69, 9.17) is 0 Å². The van der Waals surface area contributed by atoms with E-state index in [0.29, 0.717) is 18.8 Å². The van der Waals surface area contributed by atoms with Crippen molar-refractivity contribution in [3.05, 3.63) is 5.82 Å². The molecule has 0 aliphatic carbocycles. The minimum atomic E-state index is -0.175. The molecule has 0 radical (unpaired) electrons. The molecule has 1 aromatic heterocycles. The van der Waals surface area contributed by atoms with Gasteiger partial charge in [-0.1, -0.05) is 0 Å². The first-order valence-electron chi connectivity index (χ1n) is 5.10. The number of rotatable bonds is 6. The van der Waals surface area contributed by atoms with Crippen LogP contribution in [0, 0.1) is 0 Å². The molecule has 0 aromatic carbocycles. The summed E-state index contributed by atoms with van der Waals surface area (Å²) in [6, 6.07) is 0. The molecule has 0 aliphatic rings. The van der Waals surface area contributed by atoms with Gasteiger partial charge in [0.1, 0.15) is 0 Å². The highest BCUT2D eigenvalue weighted by Gasteiger charge is 2.06. The zero-order valence-corrected chi connectivity index (χ0v) is 9.88. The van der Waals surface area contributed by atoms with Crippen LogP contribution in [0.1, 0.15) is 18.7 Å². The highest BCUT2D eigenvalue weighted by molar-refractivity contribution is 5.69. The van der Waals surface area contributed by atoms with Crippen LogP contribution in [0.2, 0.25) is 0 Å². The number of methoxy groups -OCH3 is 1. The Labute approximate surface area is 94.4 Å². The number of aromatic nitrogens is 4. The number of hydrogen-bond acceptors (Lipinski definition) is 6. The zero-order chi connectivity index (χ0) is 12.0. The lowest BCUT2D eigenvalue weighted by Gasteiger charge is -2.13. The van der Waals surface area contributed by atoms with E-state index in [2.05, 4.69) is 20.1 Å². The summed E-state index contributed by atoms with van der Waals surface area (Å²) in [5.41, 5.74) is 0. The van der Waals surface area contributed by atoms with Gasteiger partial charge >= 0.3 is 5.97 Å². The van der Waals surface area contributed by atoms with Gasteiger partial charge in [0.05, 0.1) is 20.7 Å². The zero-order valence-electron chi connectivity index (χ0n) is 9.88. The van der Waals surface area contributed by atoms with Gasteiger partial charge in [0.15, 0.2) is 5.82 Å². The Balaban J connectivity index is 2.20. The van der Waals surface area contributed by atoms with Crippen molar-refractivity contribution < 1.29 is 9.53 Å². The molecule has 0 bridgehead atoms. The Morgan fingerprint density at radius 2 is 2.31 bits per heavy atom. The van der Waals surface area contributed by atoms with Crippen LogP contribution in [-0.4, -0.2) is 51.8 Å². The first-order chi connectivity index (χ1) is 7.61. The summed E-state index contributed by atoms with van der Waals surface area (Å²) < 4.78 is 4.56. The second-order valence-electron chi connectivity index (χ2n) is 3.61. The lowest BCUT2D eigenvalue weighted by molar-refractivity contribution is -0.140. The molecule has 7 heteroatoms. The second-order valence-corrected chi connectivity index (χ2v) is 3.61. The molecule has 0 saturated carbocycles. The molecule has 1 heterocycles. The molecule has 1 aromatic rings. The third-order valence-corrected chi connectivity index (χ3v) is 2.11. The van der Waals surface area contributed by atoms with Crippen molar-refractivity contribution in [2.24, 2.45) is 7.05 Å².